The molecule has 1 aliphatic heterocycles. The van der Waals surface area contributed by atoms with E-state index in [1.165, 1.54) is 46.6 Å². The highest BCUT2D eigenvalue weighted by atomic mass is 19.1. The zero-order chi connectivity index (χ0) is 26.7. The maximum Gasteiger partial charge on any atom is 0.278 e. The number of halogens is 2. The second-order valence-corrected chi connectivity index (χ2v) is 10.8. The van der Waals surface area contributed by atoms with Gasteiger partial charge in [-0.05, 0) is 89.9 Å². The van der Waals surface area contributed by atoms with E-state index in [0.29, 0.717) is 11.6 Å². The molecule has 4 heterocycles. The minimum Gasteiger partial charge on any atom is -0.324 e. The Labute approximate surface area is 213 Å². The van der Waals surface area contributed by atoms with Crippen LogP contribution in [0.2, 0.25) is 0 Å². The smallest absolute Gasteiger partial charge is 0.278 e. The normalized spacial score (nSPS) is 15.3. The summed E-state index contributed by atoms with van der Waals surface area (Å²) in [6.07, 6.45) is 2.38. The SMILES string of the molecule is CC(C)n1c(=O)c2cnc(Nc3ccc4c(c3)CCNC4(C)C)nc2n1-c1ccc(F)c(C(C)(C)F)n1. The van der Waals surface area contributed by atoms with Gasteiger partial charge in [-0.25, -0.2) is 28.1 Å². The summed E-state index contributed by atoms with van der Waals surface area (Å²) in [5.74, 6) is -0.270. The molecular formula is C27H31F2N7O. The van der Waals surface area contributed by atoms with Gasteiger partial charge in [0.2, 0.25) is 5.95 Å². The van der Waals surface area contributed by atoms with Crippen molar-refractivity contribution < 1.29 is 8.78 Å². The molecule has 0 bridgehead atoms. The summed E-state index contributed by atoms with van der Waals surface area (Å²) in [5.41, 5.74) is 0.847. The predicted molar refractivity (Wildman–Crippen MR) is 140 cm³/mol. The Bertz CT molecular complexity index is 1560. The van der Waals surface area contributed by atoms with Gasteiger partial charge in [0.05, 0.1) is 0 Å². The van der Waals surface area contributed by atoms with Crippen LogP contribution >= 0.6 is 0 Å². The summed E-state index contributed by atoms with van der Waals surface area (Å²) in [4.78, 5) is 26.6. The van der Waals surface area contributed by atoms with Gasteiger partial charge >= 0.3 is 0 Å². The molecule has 10 heteroatoms. The van der Waals surface area contributed by atoms with E-state index in [9.17, 15) is 13.6 Å². The first-order valence-corrected chi connectivity index (χ1v) is 12.4. The molecule has 0 saturated heterocycles. The van der Waals surface area contributed by atoms with Crippen molar-refractivity contribution in [3.8, 4) is 5.82 Å². The van der Waals surface area contributed by atoms with Crippen molar-refractivity contribution in [3.63, 3.8) is 0 Å². The Balaban J connectivity index is 1.63. The third-order valence-corrected chi connectivity index (χ3v) is 6.72. The second kappa shape index (κ2) is 8.72. The first-order chi connectivity index (χ1) is 17.4. The predicted octanol–water partition coefficient (Wildman–Crippen LogP) is 5.03. The van der Waals surface area contributed by atoms with Crippen LogP contribution in [0.3, 0.4) is 0 Å². The molecular weight excluding hydrogens is 476 g/mol. The molecule has 1 aromatic carbocycles. The van der Waals surface area contributed by atoms with Gasteiger partial charge in [0.25, 0.3) is 5.56 Å². The average Bonchev–Trinajstić information content (AvgIpc) is 3.10. The Morgan fingerprint density at radius 3 is 2.62 bits per heavy atom. The fourth-order valence-corrected chi connectivity index (χ4v) is 4.93. The second-order valence-electron chi connectivity index (χ2n) is 10.8. The number of nitrogens with zero attached hydrogens (tertiary/aromatic N) is 5. The molecule has 0 amide bonds. The lowest BCUT2D eigenvalue weighted by Crippen LogP contribution is -2.42. The number of pyridine rings is 1. The van der Waals surface area contributed by atoms with Gasteiger partial charge in [0.15, 0.2) is 11.5 Å². The molecule has 0 atom stereocenters. The average molecular weight is 508 g/mol. The standard InChI is InChI=1S/C27H31F2N7O/c1-15(2)35-24(37)18-14-30-25(32-17-7-8-19-16(13-17)11-12-31-27(19,5)6)34-23(18)36(35)21-10-9-20(28)22(33-21)26(3,4)29/h7-10,13-15,31H,11-12H2,1-6H3,(H,30,32,34). The molecule has 194 valence electrons. The van der Waals surface area contributed by atoms with Gasteiger partial charge in [-0.3, -0.25) is 4.79 Å². The molecule has 2 N–H and O–H groups in total. The number of nitrogens with one attached hydrogen (secondary N) is 2. The van der Waals surface area contributed by atoms with Crippen LogP contribution in [0.1, 0.15) is 64.4 Å². The number of anilines is 2. The molecule has 1 aliphatic rings. The van der Waals surface area contributed by atoms with E-state index in [-0.39, 0.29) is 34.0 Å². The van der Waals surface area contributed by atoms with Crippen molar-refractivity contribution in [2.24, 2.45) is 0 Å². The number of hydrogen-bond donors (Lipinski definition) is 2. The molecule has 0 fully saturated rings. The maximum atomic E-state index is 14.7. The minimum atomic E-state index is -2.01. The largest absolute Gasteiger partial charge is 0.324 e. The summed E-state index contributed by atoms with van der Waals surface area (Å²) < 4.78 is 32.1. The van der Waals surface area contributed by atoms with Crippen LogP contribution in [0.15, 0.2) is 41.3 Å². The van der Waals surface area contributed by atoms with Crippen LogP contribution in [0.5, 0.6) is 0 Å². The van der Waals surface area contributed by atoms with Gasteiger partial charge in [-0.15, -0.1) is 0 Å². The van der Waals surface area contributed by atoms with Crippen molar-refractivity contribution in [2.45, 2.75) is 65.2 Å². The van der Waals surface area contributed by atoms with Crippen molar-refractivity contribution >= 4 is 22.7 Å². The molecule has 3 aromatic heterocycles. The zero-order valence-electron chi connectivity index (χ0n) is 21.9. The summed E-state index contributed by atoms with van der Waals surface area (Å²) in [7, 11) is 0. The van der Waals surface area contributed by atoms with Crippen molar-refractivity contribution in [3.05, 3.63) is 69.5 Å². The molecule has 0 aliphatic carbocycles. The molecule has 5 rings (SSSR count). The summed E-state index contributed by atoms with van der Waals surface area (Å²) >= 11 is 0. The molecule has 0 unspecified atom stereocenters. The van der Waals surface area contributed by atoms with Crippen LogP contribution in [0.25, 0.3) is 16.9 Å². The molecule has 4 aromatic rings. The number of benzene rings is 1. The molecule has 0 saturated carbocycles. The van der Waals surface area contributed by atoms with Gasteiger partial charge in [0.1, 0.15) is 22.6 Å². The summed E-state index contributed by atoms with van der Waals surface area (Å²) in [5, 5.41) is 7.06. The first kappa shape index (κ1) is 25.0. The van der Waals surface area contributed by atoms with Gasteiger partial charge in [-0.1, -0.05) is 6.07 Å². The van der Waals surface area contributed by atoms with E-state index in [4.69, 9.17) is 0 Å². The lowest BCUT2D eigenvalue weighted by Gasteiger charge is -2.34. The summed E-state index contributed by atoms with van der Waals surface area (Å²) in [6.45, 7) is 11.4. The lowest BCUT2D eigenvalue weighted by atomic mass is 9.85. The van der Waals surface area contributed by atoms with Gasteiger partial charge < -0.3 is 10.6 Å². The molecule has 0 radical (unpaired) electrons. The van der Waals surface area contributed by atoms with Crippen LogP contribution < -0.4 is 16.2 Å². The molecule has 8 nitrogen and oxygen atoms in total. The first-order valence-electron chi connectivity index (χ1n) is 12.4. The quantitative estimate of drug-likeness (QED) is 0.394. The van der Waals surface area contributed by atoms with E-state index in [1.54, 1.807) is 0 Å². The molecule has 37 heavy (non-hydrogen) atoms. The monoisotopic (exact) mass is 507 g/mol. The van der Waals surface area contributed by atoms with Gasteiger partial charge in [0, 0.05) is 23.5 Å². The third kappa shape index (κ3) is 4.39. The number of alkyl halides is 1. The highest BCUT2D eigenvalue weighted by molar-refractivity contribution is 5.77. The van der Waals surface area contributed by atoms with E-state index in [0.717, 1.165) is 24.7 Å². The van der Waals surface area contributed by atoms with E-state index >= 15 is 0 Å². The van der Waals surface area contributed by atoms with E-state index in [2.05, 4.69) is 51.6 Å². The van der Waals surface area contributed by atoms with Crippen LogP contribution in [0.4, 0.5) is 20.4 Å². The number of rotatable bonds is 5. The highest BCUT2D eigenvalue weighted by Gasteiger charge is 2.28. The van der Waals surface area contributed by atoms with Crippen molar-refractivity contribution in [2.75, 3.05) is 11.9 Å². The maximum absolute atomic E-state index is 14.7. The Hall–Kier alpha value is -3.66. The highest BCUT2D eigenvalue weighted by Crippen LogP contribution is 2.31. The lowest BCUT2D eigenvalue weighted by molar-refractivity contribution is 0.205. The fourth-order valence-electron chi connectivity index (χ4n) is 4.93. The Morgan fingerprint density at radius 2 is 1.92 bits per heavy atom. The minimum absolute atomic E-state index is 0.105. The van der Waals surface area contributed by atoms with Crippen molar-refractivity contribution in [1.29, 1.82) is 0 Å². The van der Waals surface area contributed by atoms with Crippen LogP contribution in [-0.2, 0) is 17.6 Å². The Kier molecular flexibility index (Phi) is 5.90. The number of aromatic nitrogens is 5. The fraction of sp³-hybridized carbons (Fsp3) is 0.407. The topological polar surface area (TPSA) is 89.7 Å². The van der Waals surface area contributed by atoms with E-state index in [1.807, 2.05) is 19.9 Å². The number of fused-ring (bicyclic) bond motifs is 2. The van der Waals surface area contributed by atoms with Crippen LogP contribution in [0, 0.1) is 5.82 Å². The molecule has 0 spiro atoms. The third-order valence-electron chi connectivity index (χ3n) is 6.72. The van der Waals surface area contributed by atoms with Crippen molar-refractivity contribution in [1.82, 2.24) is 29.6 Å². The zero-order valence-corrected chi connectivity index (χ0v) is 21.9. The Morgan fingerprint density at radius 1 is 1.16 bits per heavy atom. The van der Waals surface area contributed by atoms with E-state index < -0.39 is 11.5 Å². The van der Waals surface area contributed by atoms with Crippen LogP contribution in [-0.4, -0.2) is 30.9 Å². The summed E-state index contributed by atoms with van der Waals surface area (Å²) in [6, 6.07) is 8.46. The number of hydrogen-bond acceptors (Lipinski definition) is 6. The van der Waals surface area contributed by atoms with Gasteiger partial charge in [-0.2, -0.15) is 4.98 Å².